The second kappa shape index (κ2) is 21.2. The largest absolute Gasteiger partial charge is 0.480 e. The third kappa shape index (κ3) is 13.8. The van der Waals surface area contributed by atoms with Crippen molar-refractivity contribution in [2.45, 2.75) is 38.0 Å². The maximum Gasteiger partial charge on any atom is 0.407 e. The van der Waals surface area contributed by atoms with Gasteiger partial charge in [-0.3, -0.25) is 4.79 Å². The molecular weight excluding hydrogens is 682 g/mol. The number of quaternary nitrogens is 1. The molecule has 3 N–H and O–H groups in total. The number of hydrogen-bond donors (Lipinski definition) is 3. The molecular formula is C40H54N3O10+. The Balaban J connectivity index is 1.29. The van der Waals surface area contributed by atoms with Crippen LogP contribution < -0.4 is 15.4 Å². The molecule has 288 valence electrons. The molecule has 0 fully saturated rings. The molecule has 2 amide bonds. The fourth-order valence-corrected chi connectivity index (χ4v) is 5.78. The summed E-state index contributed by atoms with van der Waals surface area (Å²) in [5.41, 5.74) is 4.89. The van der Waals surface area contributed by atoms with Crippen LogP contribution in [0.15, 0.2) is 72.8 Å². The second-order valence-corrected chi connectivity index (χ2v) is 13.6. The number of benzene rings is 3. The van der Waals surface area contributed by atoms with E-state index in [-0.39, 0.29) is 38.1 Å². The van der Waals surface area contributed by atoms with E-state index in [0.29, 0.717) is 61.8 Å². The van der Waals surface area contributed by atoms with E-state index in [0.717, 1.165) is 28.8 Å². The van der Waals surface area contributed by atoms with Crippen molar-refractivity contribution in [3.8, 4) is 16.9 Å². The predicted molar refractivity (Wildman–Crippen MR) is 199 cm³/mol. The first-order chi connectivity index (χ1) is 25.6. The van der Waals surface area contributed by atoms with Gasteiger partial charge in [0.1, 0.15) is 38.2 Å². The number of para-hydroxylation sites is 1. The molecule has 13 heteroatoms. The Kier molecular flexibility index (Phi) is 16.5. The number of carbonyl (C=O) groups excluding carboxylic acids is 2. The number of ether oxygens (including phenoxy) is 6. The zero-order valence-electron chi connectivity index (χ0n) is 31.2. The first-order valence-corrected chi connectivity index (χ1v) is 18.1. The zero-order valence-corrected chi connectivity index (χ0v) is 31.2. The Morgan fingerprint density at radius 1 is 0.792 bits per heavy atom. The highest BCUT2D eigenvalue weighted by molar-refractivity contribution is 5.81. The van der Waals surface area contributed by atoms with E-state index in [1.165, 1.54) is 0 Å². The van der Waals surface area contributed by atoms with Gasteiger partial charge in [0.05, 0.1) is 54.2 Å². The number of aliphatic carboxylic acids is 1. The number of nitrogens with one attached hydrogen (secondary N) is 2. The SMILES string of the molecule is CCNC(=O)CCOCCOCCOCC(OCC[N+](C)(C)C)Oc1ccccc1CC(NC(=O)OCC1c2ccccc2-c2ccccc21)C(=O)O. The van der Waals surface area contributed by atoms with Gasteiger partial charge in [-0.15, -0.1) is 0 Å². The van der Waals surface area contributed by atoms with Crippen LogP contribution in [-0.4, -0.2) is 127 Å². The maximum atomic E-state index is 13.0. The van der Waals surface area contributed by atoms with Crippen molar-refractivity contribution in [1.29, 1.82) is 0 Å². The molecule has 0 saturated heterocycles. The quantitative estimate of drug-likeness (QED) is 0.0693. The van der Waals surface area contributed by atoms with Crippen molar-refractivity contribution >= 4 is 18.0 Å². The van der Waals surface area contributed by atoms with E-state index in [4.69, 9.17) is 28.4 Å². The van der Waals surface area contributed by atoms with Crippen LogP contribution in [0, 0.1) is 0 Å². The molecule has 0 heterocycles. The van der Waals surface area contributed by atoms with Crippen molar-refractivity contribution in [3.63, 3.8) is 0 Å². The molecule has 1 aliphatic carbocycles. The van der Waals surface area contributed by atoms with E-state index in [1.807, 2.05) is 55.5 Å². The summed E-state index contributed by atoms with van der Waals surface area (Å²) in [6.07, 6.45) is -1.36. The van der Waals surface area contributed by atoms with Crippen molar-refractivity contribution < 1.29 is 52.4 Å². The minimum absolute atomic E-state index is 0.0446. The number of likely N-dealkylation sites (N-methyl/N-ethyl adjacent to an activating group) is 1. The number of nitrogens with zero attached hydrogens (tertiary/aromatic N) is 1. The van der Waals surface area contributed by atoms with Gasteiger partial charge in [-0.1, -0.05) is 66.7 Å². The lowest BCUT2D eigenvalue weighted by Gasteiger charge is -2.26. The monoisotopic (exact) mass is 736 g/mol. The molecule has 0 bridgehead atoms. The first kappa shape index (κ1) is 41.2. The van der Waals surface area contributed by atoms with Crippen LogP contribution in [0.1, 0.15) is 36.0 Å². The van der Waals surface area contributed by atoms with Crippen molar-refractivity contribution in [3.05, 3.63) is 89.5 Å². The van der Waals surface area contributed by atoms with E-state index in [2.05, 4.69) is 31.8 Å². The van der Waals surface area contributed by atoms with Gasteiger partial charge in [-0.2, -0.15) is 0 Å². The standard InChI is InChI=1S/C40H53N3O10/c1-5-41-37(44)18-20-48-22-23-49-24-25-50-28-38(51-21-19-43(2,3)4)53-36-17-11-6-12-29(36)26-35(39(45)46)42-40(47)52-27-34-32-15-9-7-13-30(32)31-14-8-10-16-33(31)34/h6-17,34-35,38H,5,18-28H2,1-4H3,(H2-,41,42,44,45,46,47)/p+1. The summed E-state index contributed by atoms with van der Waals surface area (Å²) in [6.45, 7) is 5.39. The van der Waals surface area contributed by atoms with Crippen LogP contribution in [-0.2, 0) is 39.7 Å². The lowest BCUT2D eigenvalue weighted by atomic mass is 9.98. The molecule has 0 aliphatic heterocycles. The highest BCUT2D eigenvalue weighted by Crippen LogP contribution is 2.44. The molecule has 0 aromatic heterocycles. The summed E-state index contributed by atoms with van der Waals surface area (Å²) < 4.78 is 35.5. The Morgan fingerprint density at radius 2 is 1.40 bits per heavy atom. The third-order valence-electron chi connectivity index (χ3n) is 8.50. The molecule has 2 unspecified atom stereocenters. The lowest BCUT2D eigenvalue weighted by Crippen LogP contribution is -2.43. The average Bonchev–Trinajstić information content (AvgIpc) is 3.44. The maximum absolute atomic E-state index is 13.0. The molecule has 1 aliphatic rings. The fourth-order valence-electron chi connectivity index (χ4n) is 5.78. The normalized spacial score (nSPS) is 13.4. The molecule has 13 nitrogen and oxygen atoms in total. The predicted octanol–water partition coefficient (Wildman–Crippen LogP) is 4.22. The van der Waals surface area contributed by atoms with Crippen LogP contribution in [0.5, 0.6) is 5.75 Å². The fraction of sp³-hybridized carbons (Fsp3) is 0.475. The number of fused-ring (bicyclic) bond motifs is 3. The van der Waals surface area contributed by atoms with Gasteiger partial charge in [0.2, 0.25) is 12.2 Å². The van der Waals surface area contributed by atoms with Crippen molar-refractivity contribution in [1.82, 2.24) is 10.6 Å². The van der Waals surface area contributed by atoms with Crippen LogP contribution >= 0.6 is 0 Å². The van der Waals surface area contributed by atoms with Gasteiger partial charge < -0.3 is 48.6 Å². The van der Waals surface area contributed by atoms with Crippen LogP contribution in [0.25, 0.3) is 11.1 Å². The molecule has 0 radical (unpaired) electrons. The molecule has 3 aromatic rings. The number of carbonyl (C=O) groups is 3. The van der Waals surface area contributed by atoms with Crippen molar-refractivity contribution in [2.24, 2.45) is 0 Å². The van der Waals surface area contributed by atoms with Crippen LogP contribution in [0.4, 0.5) is 4.79 Å². The highest BCUT2D eigenvalue weighted by Gasteiger charge is 2.30. The van der Waals surface area contributed by atoms with Gasteiger partial charge in [-0.05, 0) is 40.8 Å². The van der Waals surface area contributed by atoms with Crippen molar-refractivity contribution in [2.75, 3.05) is 87.1 Å². The summed E-state index contributed by atoms with van der Waals surface area (Å²) in [5.74, 6) is -0.997. The van der Waals surface area contributed by atoms with E-state index >= 15 is 0 Å². The van der Waals surface area contributed by atoms with E-state index in [9.17, 15) is 19.5 Å². The second-order valence-electron chi connectivity index (χ2n) is 13.6. The Hall–Kier alpha value is -4.53. The van der Waals surface area contributed by atoms with Gasteiger partial charge in [0, 0.05) is 25.3 Å². The molecule has 0 spiro atoms. The highest BCUT2D eigenvalue weighted by atomic mass is 16.7. The minimum atomic E-state index is -1.28. The van der Waals surface area contributed by atoms with Gasteiger partial charge in [-0.25, -0.2) is 9.59 Å². The zero-order chi connectivity index (χ0) is 38.1. The third-order valence-corrected chi connectivity index (χ3v) is 8.50. The molecule has 4 rings (SSSR count). The summed E-state index contributed by atoms with van der Waals surface area (Å²) in [7, 11) is 6.17. The van der Waals surface area contributed by atoms with E-state index < -0.39 is 24.4 Å². The number of hydrogen-bond acceptors (Lipinski definition) is 9. The Bertz CT molecular complexity index is 1570. The molecule has 2 atom stereocenters. The summed E-state index contributed by atoms with van der Waals surface area (Å²) in [4.78, 5) is 36.8. The Morgan fingerprint density at radius 3 is 2.04 bits per heavy atom. The summed E-state index contributed by atoms with van der Waals surface area (Å²) in [5, 5.41) is 15.3. The number of carboxylic acid groups (broad SMARTS) is 1. The number of amides is 2. The summed E-state index contributed by atoms with van der Waals surface area (Å²) in [6, 6.07) is 21.8. The lowest BCUT2D eigenvalue weighted by molar-refractivity contribution is -0.871. The van der Waals surface area contributed by atoms with Crippen LogP contribution in [0.2, 0.25) is 0 Å². The van der Waals surface area contributed by atoms with Gasteiger partial charge >= 0.3 is 12.1 Å². The number of rotatable bonds is 24. The summed E-state index contributed by atoms with van der Waals surface area (Å²) >= 11 is 0. The molecule has 53 heavy (non-hydrogen) atoms. The number of carboxylic acids is 1. The number of alkyl carbamates (subject to hydrolysis) is 1. The first-order valence-electron chi connectivity index (χ1n) is 18.1. The average molecular weight is 737 g/mol. The van der Waals surface area contributed by atoms with E-state index in [1.54, 1.807) is 24.3 Å². The van der Waals surface area contributed by atoms with Gasteiger partial charge in [0.15, 0.2) is 0 Å². The molecule has 3 aromatic carbocycles. The van der Waals surface area contributed by atoms with Crippen LogP contribution in [0.3, 0.4) is 0 Å². The topological polar surface area (TPSA) is 151 Å². The van der Waals surface area contributed by atoms with Gasteiger partial charge in [0.25, 0.3) is 0 Å². The molecule has 0 saturated carbocycles. The minimum Gasteiger partial charge on any atom is -0.480 e. The Labute approximate surface area is 312 Å². The smallest absolute Gasteiger partial charge is 0.407 e.